The first kappa shape index (κ1) is 15.8. The van der Waals surface area contributed by atoms with Crippen LogP contribution in [0.5, 0.6) is 0 Å². The normalized spacial score (nSPS) is 10.6. The summed E-state index contributed by atoms with van der Waals surface area (Å²) in [7, 11) is 1.64. The van der Waals surface area contributed by atoms with E-state index in [2.05, 4.69) is 0 Å². The highest BCUT2D eigenvalue weighted by atomic mass is 19.1. The van der Waals surface area contributed by atoms with Crippen LogP contribution in [0.4, 0.5) is 4.39 Å². The van der Waals surface area contributed by atoms with Gasteiger partial charge in [0.05, 0.1) is 18.8 Å². The van der Waals surface area contributed by atoms with Crippen LogP contribution in [-0.4, -0.2) is 45.9 Å². The molecule has 0 heterocycles. The SMILES string of the molecule is COCCCOCCOCC(=O)c1ccccc1F. The maximum absolute atomic E-state index is 13.3. The molecule has 106 valence electrons. The highest BCUT2D eigenvalue weighted by molar-refractivity contribution is 5.97. The lowest BCUT2D eigenvalue weighted by molar-refractivity contribution is 0.0381. The van der Waals surface area contributed by atoms with Crippen LogP contribution in [0.15, 0.2) is 24.3 Å². The Labute approximate surface area is 112 Å². The van der Waals surface area contributed by atoms with Gasteiger partial charge in [0.2, 0.25) is 0 Å². The average molecular weight is 270 g/mol. The van der Waals surface area contributed by atoms with E-state index in [-0.39, 0.29) is 18.0 Å². The molecule has 0 atom stereocenters. The number of hydrogen-bond acceptors (Lipinski definition) is 4. The first-order valence-corrected chi connectivity index (χ1v) is 6.18. The van der Waals surface area contributed by atoms with E-state index in [1.807, 2.05) is 0 Å². The molecular weight excluding hydrogens is 251 g/mol. The number of ether oxygens (including phenoxy) is 3. The second-order valence-corrected chi connectivity index (χ2v) is 3.91. The fourth-order valence-corrected chi connectivity index (χ4v) is 1.46. The summed E-state index contributed by atoms with van der Waals surface area (Å²) in [5.41, 5.74) is 0.0588. The fraction of sp³-hybridized carbons (Fsp3) is 0.500. The summed E-state index contributed by atoms with van der Waals surface area (Å²) < 4.78 is 28.5. The minimum absolute atomic E-state index is 0.0588. The van der Waals surface area contributed by atoms with Gasteiger partial charge in [0, 0.05) is 20.3 Å². The van der Waals surface area contributed by atoms with Gasteiger partial charge in [0.1, 0.15) is 12.4 Å². The molecule has 0 N–H and O–H groups in total. The van der Waals surface area contributed by atoms with Crippen molar-refractivity contribution in [1.29, 1.82) is 0 Å². The Balaban J connectivity index is 2.10. The fourth-order valence-electron chi connectivity index (χ4n) is 1.46. The maximum Gasteiger partial charge on any atom is 0.191 e. The van der Waals surface area contributed by atoms with Gasteiger partial charge >= 0.3 is 0 Å². The molecule has 4 nitrogen and oxygen atoms in total. The van der Waals surface area contributed by atoms with E-state index in [9.17, 15) is 9.18 Å². The standard InChI is InChI=1S/C14H19FO4/c1-17-7-4-8-18-9-10-19-11-14(16)12-5-2-3-6-13(12)15/h2-3,5-6H,4,7-11H2,1H3. The van der Waals surface area contributed by atoms with Crippen molar-refractivity contribution in [3.05, 3.63) is 35.6 Å². The van der Waals surface area contributed by atoms with Gasteiger partial charge in [-0.05, 0) is 18.6 Å². The van der Waals surface area contributed by atoms with Gasteiger partial charge in [-0.25, -0.2) is 4.39 Å². The predicted molar refractivity (Wildman–Crippen MR) is 68.9 cm³/mol. The predicted octanol–water partition coefficient (Wildman–Crippen LogP) is 2.08. The first-order chi connectivity index (χ1) is 9.25. The second kappa shape index (κ2) is 9.61. The lowest BCUT2D eigenvalue weighted by Crippen LogP contribution is -2.14. The molecule has 0 amide bonds. The zero-order valence-corrected chi connectivity index (χ0v) is 11.1. The number of benzene rings is 1. The van der Waals surface area contributed by atoms with Crippen molar-refractivity contribution in [3.8, 4) is 0 Å². The van der Waals surface area contributed by atoms with Crippen molar-refractivity contribution in [2.24, 2.45) is 0 Å². The summed E-state index contributed by atoms with van der Waals surface area (Å²) in [6.45, 7) is 1.84. The van der Waals surface area contributed by atoms with Crippen LogP contribution in [0.1, 0.15) is 16.8 Å². The molecule has 5 heteroatoms. The number of rotatable bonds is 10. The smallest absolute Gasteiger partial charge is 0.191 e. The van der Waals surface area contributed by atoms with Gasteiger partial charge in [-0.1, -0.05) is 12.1 Å². The third-order valence-corrected chi connectivity index (χ3v) is 2.42. The highest BCUT2D eigenvalue weighted by Crippen LogP contribution is 2.07. The molecule has 19 heavy (non-hydrogen) atoms. The Morgan fingerprint density at radius 2 is 1.84 bits per heavy atom. The molecule has 0 aliphatic carbocycles. The van der Waals surface area contributed by atoms with Gasteiger partial charge in [0.15, 0.2) is 5.78 Å². The molecule has 0 unspecified atom stereocenters. The molecule has 0 aliphatic heterocycles. The average Bonchev–Trinajstić information content (AvgIpc) is 2.42. The van der Waals surface area contributed by atoms with E-state index in [0.29, 0.717) is 26.4 Å². The van der Waals surface area contributed by atoms with Crippen LogP contribution in [0.2, 0.25) is 0 Å². The summed E-state index contributed by atoms with van der Waals surface area (Å²) in [6.07, 6.45) is 0.824. The van der Waals surface area contributed by atoms with Crippen molar-refractivity contribution in [1.82, 2.24) is 0 Å². The molecule has 0 spiro atoms. The summed E-state index contributed by atoms with van der Waals surface area (Å²) in [5.74, 6) is -0.885. The van der Waals surface area contributed by atoms with Crippen LogP contribution in [0.3, 0.4) is 0 Å². The van der Waals surface area contributed by atoms with Crippen LogP contribution in [0.25, 0.3) is 0 Å². The van der Waals surface area contributed by atoms with E-state index in [4.69, 9.17) is 14.2 Å². The summed E-state index contributed by atoms with van der Waals surface area (Å²) in [5, 5.41) is 0. The number of halogens is 1. The topological polar surface area (TPSA) is 44.8 Å². The molecule has 0 saturated carbocycles. The Kier molecular flexibility index (Phi) is 7.97. The van der Waals surface area contributed by atoms with Crippen molar-refractivity contribution in [2.45, 2.75) is 6.42 Å². The number of methoxy groups -OCH3 is 1. The number of hydrogen-bond donors (Lipinski definition) is 0. The van der Waals surface area contributed by atoms with Crippen LogP contribution in [0, 0.1) is 5.82 Å². The maximum atomic E-state index is 13.3. The van der Waals surface area contributed by atoms with Gasteiger partial charge in [-0.3, -0.25) is 4.79 Å². The molecule has 0 aliphatic rings. The van der Waals surface area contributed by atoms with Gasteiger partial charge in [0.25, 0.3) is 0 Å². The summed E-state index contributed by atoms with van der Waals surface area (Å²) >= 11 is 0. The van der Waals surface area contributed by atoms with E-state index in [1.165, 1.54) is 12.1 Å². The monoisotopic (exact) mass is 270 g/mol. The quantitative estimate of drug-likeness (QED) is 0.482. The number of Topliss-reactive ketones (excluding diaryl/α,β-unsaturated/α-hetero) is 1. The van der Waals surface area contributed by atoms with Crippen molar-refractivity contribution < 1.29 is 23.4 Å². The number of carbonyl (C=O) groups is 1. The van der Waals surface area contributed by atoms with E-state index in [1.54, 1.807) is 19.2 Å². The molecule has 0 fully saturated rings. The minimum atomic E-state index is -0.521. The lowest BCUT2D eigenvalue weighted by Gasteiger charge is -2.06. The van der Waals surface area contributed by atoms with Crippen molar-refractivity contribution in [3.63, 3.8) is 0 Å². The van der Waals surface area contributed by atoms with E-state index >= 15 is 0 Å². The van der Waals surface area contributed by atoms with E-state index < -0.39 is 5.82 Å². The Hall–Kier alpha value is -1.30. The number of carbonyl (C=O) groups excluding carboxylic acids is 1. The summed E-state index contributed by atoms with van der Waals surface area (Å²) in [6, 6.07) is 5.87. The molecule has 0 radical (unpaired) electrons. The Bertz CT molecular complexity index is 381. The van der Waals surface area contributed by atoms with Crippen LogP contribution < -0.4 is 0 Å². The van der Waals surface area contributed by atoms with Crippen LogP contribution >= 0.6 is 0 Å². The van der Waals surface area contributed by atoms with Gasteiger partial charge in [-0.2, -0.15) is 0 Å². The van der Waals surface area contributed by atoms with Gasteiger partial charge < -0.3 is 14.2 Å². The van der Waals surface area contributed by atoms with Crippen LogP contribution in [-0.2, 0) is 14.2 Å². The molecular formula is C14H19FO4. The Morgan fingerprint density at radius 1 is 1.11 bits per heavy atom. The van der Waals surface area contributed by atoms with E-state index in [0.717, 1.165) is 6.42 Å². The van der Waals surface area contributed by atoms with Crippen molar-refractivity contribution >= 4 is 5.78 Å². The largest absolute Gasteiger partial charge is 0.385 e. The highest BCUT2D eigenvalue weighted by Gasteiger charge is 2.10. The molecule has 0 saturated heterocycles. The summed E-state index contributed by atoms with van der Waals surface area (Å²) in [4.78, 5) is 11.6. The third kappa shape index (κ3) is 6.42. The molecule has 0 aromatic heterocycles. The second-order valence-electron chi connectivity index (χ2n) is 3.91. The van der Waals surface area contributed by atoms with Crippen molar-refractivity contribution in [2.75, 3.05) is 40.1 Å². The Morgan fingerprint density at radius 3 is 2.58 bits per heavy atom. The lowest BCUT2D eigenvalue weighted by atomic mass is 10.1. The number of ketones is 1. The zero-order chi connectivity index (χ0) is 13.9. The minimum Gasteiger partial charge on any atom is -0.385 e. The molecule has 1 aromatic carbocycles. The van der Waals surface area contributed by atoms with Gasteiger partial charge in [-0.15, -0.1) is 0 Å². The first-order valence-electron chi connectivity index (χ1n) is 6.18. The molecule has 1 aromatic rings. The zero-order valence-electron chi connectivity index (χ0n) is 11.1. The molecule has 1 rings (SSSR count). The third-order valence-electron chi connectivity index (χ3n) is 2.42. The molecule has 0 bridgehead atoms.